The topological polar surface area (TPSA) is 52.7 Å². The van der Waals surface area contributed by atoms with Gasteiger partial charge >= 0.3 is 0 Å². The van der Waals surface area contributed by atoms with Crippen molar-refractivity contribution in [1.82, 2.24) is 9.80 Å². The van der Waals surface area contributed by atoms with Crippen molar-refractivity contribution in [2.45, 2.75) is 20.8 Å². The lowest BCUT2D eigenvalue weighted by atomic mass is 9.89. The molecule has 2 rings (SSSR count). The Hall–Kier alpha value is -1.59. The fraction of sp³-hybridized carbons (Fsp3) is 0.529. The summed E-state index contributed by atoms with van der Waals surface area (Å²) in [5.41, 5.74) is 0.317. The third-order valence-corrected chi connectivity index (χ3v) is 4.82. The number of amides is 2. The van der Waals surface area contributed by atoms with Gasteiger partial charge in [-0.25, -0.2) is 0 Å². The molecule has 1 N–H and O–H groups in total. The second kappa shape index (κ2) is 6.89. The molecule has 0 aromatic heterocycles. The molecule has 1 fully saturated rings. The van der Waals surface area contributed by atoms with E-state index in [2.05, 4.69) is 10.2 Å². The summed E-state index contributed by atoms with van der Waals surface area (Å²) in [5, 5.41) is 3.43. The minimum absolute atomic E-state index is 0.136. The highest BCUT2D eigenvalue weighted by Gasteiger charge is 2.40. The number of hydrogen-bond donors (Lipinski definition) is 1. The number of benzene rings is 1. The first-order valence-corrected chi connectivity index (χ1v) is 8.15. The van der Waals surface area contributed by atoms with Crippen LogP contribution in [0.15, 0.2) is 18.2 Å². The smallest absolute Gasteiger partial charge is 0.239 e. The summed E-state index contributed by atoms with van der Waals surface area (Å²) in [7, 11) is 2.03. The molecule has 1 aromatic rings. The van der Waals surface area contributed by atoms with E-state index in [0.29, 0.717) is 23.8 Å². The molecule has 0 bridgehead atoms. The lowest BCUT2D eigenvalue weighted by Gasteiger charge is -2.36. The van der Waals surface area contributed by atoms with E-state index in [9.17, 15) is 9.59 Å². The standard InChI is InChI=1S/C17H24ClN3O2/c1-12-13(18)6-5-7-14(12)19-15(22)17(2,3)16(23)21-10-8-20(4)9-11-21/h5-7H,8-11H2,1-4H3,(H,19,22). The van der Waals surface area contributed by atoms with Crippen molar-refractivity contribution >= 4 is 29.1 Å². The Morgan fingerprint density at radius 3 is 2.39 bits per heavy atom. The average molecular weight is 338 g/mol. The Kier molecular flexibility index (Phi) is 5.32. The number of piperazine rings is 1. The molecule has 1 aliphatic rings. The molecule has 1 heterocycles. The minimum Gasteiger partial charge on any atom is -0.339 e. The number of hydrogen-bond acceptors (Lipinski definition) is 3. The quantitative estimate of drug-likeness (QED) is 0.862. The van der Waals surface area contributed by atoms with Crippen LogP contribution in [0.1, 0.15) is 19.4 Å². The van der Waals surface area contributed by atoms with Crippen LogP contribution in [0, 0.1) is 12.3 Å². The van der Waals surface area contributed by atoms with Gasteiger partial charge in [0.15, 0.2) is 0 Å². The second-order valence-electron chi connectivity index (χ2n) is 6.59. The maximum absolute atomic E-state index is 12.7. The van der Waals surface area contributed by atoms with Crippen LogP contribution < -0.4 is 5.32 Å². The van der Waals surface area contributed by atoms with Gasteiger partial charge in [0.25, 0.3) is 0 Å². The van der Waals surface area contributed by atoms with E-state index in [4.69, 9.17) is 11.6 Å². The number of rotatable bonds is 3. The largest absolute Gasteiger partial charge is 0.339 e. The van der Waals surface area contributed by atoms with Gasteiger partial charge < -0.3 is 15.1 Å². The summed E-state index contributed by atoms with van der Waals surface area (Å²) in [6.07, 6.45) is 0. The number of nitrogens with zero attached hydrogens (tertiary/aromatic N) is 2. The molecule has 0 atom stereocenters. The number of halogens is 1. The van der Waals surface area contributed by atoms with Crippen molar-refractivity contribution in [2.24, 2.45) is 5.41 Å². The zero-order valence-electron chi connectivity index (χ0n) is 14.1. The number of carbonyl (C=O) groups is 2. The molecule has 2 amide bonds. The predicted octanol–water partition coefficient (Wildman–Crippen LogP) is 2.39. The molecule has 0 spiro atoms. The van der Waals surface area contributed by atoms with Gasteiger partial charge in [-0.3, -0.25) is 9.59 Å². The van der Waals surface area contributed by atoms with E-state index in [1.807, 2.05) is 14.0 Å². The fourth-order valence-electron chi connectivity index (χ4n) is 2.52. The normalized spacial score (nSPS) is 16.3. The summed E-state index contributed by atoms with van der Waals surface area (Å²) in [6, 6.07) is 5.34. The molecule has 6 heteroatoms. The molecule has 0 radical (unpaired) electrons. The fourth-order valence-corrected chi connectivity index (χ4v) is 2.70. The molecule has 0 aliphatic carbocycles. The van der Waals surface area contributed by atoms with Crippen molar-refractivity contribution < 1.29 is 9.59 Å². The molecule has 5 nitrogen and oxygen atoms in total. The van der Waals surface area contributed by atoms with E-state index in [1.165, 1.54) is 0 Å². The first-order valence-electron chi connectivity index (χ1n) is 7.78. The van der Waals surface area contributed by atoms with Crippen molar-refractivity contribution in [3.05, 3.63) is 28.8 Å². The van der Waals surface area contributed by atoms with Crippen LogP contribution in [0.3, 0.4) is 0 Å². The first kappa shape index (κ1) is 17.8. The van der Waals surface area contributed by atoms with E-state index >= 15 is 0 Å². The highest BCUT2D eigenvalue weighted by atomic mass is 35.5. The van der Waals surface area contributed by atoms with E-state index in [1.54, 1.807) is 36.9 Å². The molecular weight excluding hydrogens is 314 g/mol. The zero-order valence-corrected chi connectivity index (χ0v) is 14.9. The third-order valence-electron chi connectivity index (χ3n) is 4.41. The summed E-state index contributed by atoms with van der Waals surface area (Å²) < 4.78 is 0. The summed E-state index contributed by atoms with van der Waals surface area (Å²) in [5.74, 6) is -0.449. The van der Waals surface area contributed by atoms with Gasteiger partial charge in [-0.1, -0.05) is 17.7 Å². The summed E-state index contributed by atoms with van der Waals surface area (Å²) >= 11 is 6.08. The van der Waals surface area contributed by atoms with Gasteiger partial charge in [0.05, 0.1) is 0 Å². The Balaban J connectivity index is 2.10. The Morgan fingerprint density at radius 2 is 1.78 bits per heavy atom. The number of carbonyl (C=O) groups excluding carboxylic acids is 2. The van der Waals surface area contributed by atoms with Crippen LogP contribution in [0.5, 0.6) is 0 Å². The maximum atomic E-state index is 12.7. The highest BCUT2D eigenvalue weighted by molar-refractivity contribution is 6.31. The van der Waals surface area contributed by atoms with Crippen molar-refractivity contribution in [3.8, 4) is 0 Å². The number of likely N-dealkylation sites (N-methyl/N-ethyl adjacent to an activating group) is 1. The van der Waals surface area contributed by atoms with Crippen LogP contribution in [0.4, 0.5) is 5.69 Å². The molecule has 1 aliphatic heterocycles. The Morgan fingerprint density at radius 1 is 1.17 bits per heavy atom. The molecule has 1 aromatic carbocycles. The SMILES string of the molecule is Cc1c(Cl)cccc1NC(=O)C(C)(C)C(=O)N1CCN(C)CC1. The van der Waals surface area contributed by atoms with Gasteiger partial charge in [0.1, 0.15) is 5.41 Å². The minimum atomic E-state index is -1.12. The predicted molar refractivity (Wildman–Crippen MR) is 92.7 cm³/mol. The first-order chi connectivity index (χ1) is 10.7. The van der Waals surface area contributed by atoms with Crippen LogP contribution in [-0.2, 0) is 9.59 Å². The van der Waals surface area contributed by atoms with Gasteiger partial charge in [-0.2, -0.15) is 0 Å². The lowest BCUT2D eigenvalue weighted by Crippen LogP contribution is -2.53. The lowest BCUT2D eigenvalue weighted by molar-refractivity contribution is -0.147. The average Bonchev–Trinajstić information content (AvgIpc) is 2.51. The van der Waals surface area contributed by atoms with Crippen molar-refractivity contribution in [3.63, 3.8) is 0 Å². The summed E-state index contributed by atoms with van der Waals surface area (Å²) in [4.78, 5) is 29.3. The zero-order chi connectivity index (χ0) is 17.2. The second-order valence-corrected chi connectivity index (χ2v) is 6.99. The highest BCUT2D eigenvalue weighted by Crippen LogP contribution is 2.27. The summed E-state index contributed by atoms with van der Waals surface area (Å²) in [6.45, 7) is 8.15. The molecule has 1 saturated heterocycles. The molecule has 0 saturated carbocycles. The van der Waals surface area contributed by atoms with Gasteiger partial charge in [-0.15, -0.1) is 0 Å². The van der Waals surface area contributed by atoms with Crippen LogP contribution in [0.25, 0.3) is 0 Å². The Labute approximate surface area is 142 Å². The molecule has 126 valence electrons. The van der Waals surface area contributed by atoms with E-state index in [-0.39, 0.29) is 11.8 Å². The Bertz CT molecular complexity index is 608. The van der Waals surface area contributed by atoms with Crippen molar-refractivity contribution in [2.75, 3.05) is 38.5 Å². The van der Waals surface area contributed by atoms with Crippen molar-refractivity contribution in [1.29, 1.82) is 0 Å². The van der Waals surface area contributed by atoms with Gasteiger partial charge in [-0.05, 0) is 45.5 Å². The molecule has 23 heavy (non-hydrogen) atoms. The number of anilines is 1. The number of nitrogens with one attached hydrogen (secondary N) is 1. The van der Waals surface area contributed by atoms with E-state index < -0.39 is 5.41 Å². The molecule has 0 unspecified atom stereocenters. The third kappa shape index (κ3) is 3.85. The molecular formula is C17H24ClN3O2. The van der Waals surface area contributed by atoms with Gasteiger partial charge in [0.2, 0.25) is 11.8 Å². The van der Waals surface area contributed by atoms with Crippen LogP contribution in [-0.4, -0.2) is 54.8 Å². The van der Waals surface area contributed by atoms with E-state index in [0.717, 1.165) is 18.7 Å². The van der Waals surface area contributed by atoms with Gasteiger partial charge in [0, 0.05) is 36.9 Å². The maximum Gasteiger partial charge on any atom is 0.239 e. The monoisotopic (exact) mass is 337 g/mol. The van der Waals surface area contributed by atoms with Crippen LogP contribution >= 0.6 is 11.6 Å². The van der Waals surface area contributed by atoms with Crippen LogP contribution in [0.2, 0.25) is 5.02 Å².